The maximum atomic E-state index is 12.2. The molecule has 0 saturated carbocycles. The van der Waals surface area contributed by atoms with Gasteiger partial charge in [-0.2, -0.15) is 0 Å². The summed E-state index contributed by atoms with van der Waals surface area (Å²) in [6.45, 7) is 2.90. The molecule has 1 aliphatic heterocycles. The van der Waals surface area contributed by atoms with E-state index >= 15 is 0 Å². The second-order valence-electron chi connectivity index (χ2n) is 4.45. The van der Waals surface area contributed by atoms with Crippen molar-refractivity contribution in [2.75, 3.05) is 6.54 Å². The van der Waals surface area contributed by atoms with E-state index in [1.807, 2.05) is 6.92 Å². The number of sulfonamides is 1. The predicted octanol–water partition coefficient (Wildman–Crippen LogP) is 1.15. The minimum atomic E-state index is -3.55. The van der Waals surface area contributed by atoms with Gasteiger partial charge in [-0.15, -0.1) is 0 Å². The highest BCUT2D eigenvalue weighted by Crippen LogP contribution is 2.16. The number of hydrogen-bond donors (Lipinski definition) is 2. The number of nitrogens with zero attached hydrogens (tertiary/aromatic N) is 1. The molecule has 100 valence electrons. The van der Waals surface area contributed by atoms with Crippen LogP contribution in [0.3, 0.4) is 0 Å². The Morgan fingerprint density at radius 2 is 2.28 bits per heavy atom. The van der Waals surface area contributed by atoms with Gasteiger partial charge in [0.15, 0.2) is 0 Å². The molecule has 1 aromatic heterocycles. The zero-order valence-electron chi connectivity index (χ0n) is 10.1. The number of piperidine rings is 1. The van der Waals surface area contributed by atoms with Gasteiger partial charge in [-0.25, -0.2) is 13.1 Å². The first kappa shape index (κ1) is 13.7. The van der Waals surface area contributed by atoms with E-state index in [-0.39, 0.29) is 17.0 Å². The molecule has 5 nitrogen and oxygen atoms in total. The second-order valence-corrected chi connectivity index (χ2v) is 6.60. The number of rotatable bonds is 3. The summed E-state index contributed by atoms with van der Waals surface area (Å²) >= 11 is 5.76. The Morgan fingerprint density at radius 1 is 1.50 bits per heavy atom. The van der Waals surface area contributed by atoms with E-state index in [0.29, 0.717) is 5.02 Å². The SMILES string of the molecule is CC1NCCCC1NS(=O)(=O)c1cncc(Cl)c1. The fourth-order valence-electron chi connectivity index (χ4n) is 2.01. The van der Waals surface area contributed by atoms with E-state index in [1.54, 1.807) is 0 Å². The molecule has 2 rings (SSSR count). The first-order valence-electron chi connectivity index (χ1n) is 5.85. The fraction of sp³-hybridized carbons (Fsp3) is 0.545. The molecular weight excluding hydrogens is 274 g/mol. The number of halogens is 1. The van der Waals surface area contributed by atoms with Gasteiger partial charge in [0.25, 0.3) is 0 Å². The standard InChI is InChI=1S/C11H16ClN3O2S/c1-8-11(3-2-4-14-8)15-18(16,17)10-5-9(12)6-13-7-10/h5-8,11,14-15H,2-4H2,1H3. The van der Waals surface area contributed by atoms with Crippen molar-refractivity contribution in [1.82, 2.24) is 15.0 Å². The largest absolute Gasteiger partial charge is 0.313 e. The van der Waals surface area contributed by atoms with Crippen LogP contribution in [0.2, 0.25) is 5.02 Å². The van der Waals surface area contributed by atoms with Crippen LogP contribution in [-0.4, -0.2) is 32.0 Å². The lowest BCUT2D eigenvalue weighted by Crippen LogP contribution is -2.51. The zero-order chi connectivity index (χ0) is 13.2. The fourth-order valence-corrected chi connectivity index (χ4v) is 3.59. The normalized spacial score (nSPS) is 25.0. The van der Waals surface area contributed by atoms with Crippen LogP contribution in [0.5, 0.6) is 0 Å². The molecule has 1 aliphatic rings. The summed E-state index contributed by atoms with van der Waals surface area (Å²) in [5.74, 6) is 0. The molecule has 2 atom stereocenters. The van der Waals surface area contributed by atoms with Crippen LogP contribution in [0, 0.1) is 0 Å². The van der Waals surface area contributed by atoms with Crippen molar-refractivity contribution >= 4 is 21.6 Å². The Labute approximate surface area is 112 Å². The Hall–Kier alpha value is -0.690. The highest BCUT2D eigenvalue weighted by atomic mass is 35.5. The van der Waals surface area contributed by atoms with Crippen molar-refractivity contribution in [3.63, 3.8) is 0 Å². The maximum Gasteiger partial charge on any atom is 0.242 e. The highest BCUT2D eigenvalue weighted by molar-refractivity contribution is 7.89. The van der Waals surface area contributed by atoms with E-state index in [0.717, 1.165) is 19.4 Å². The van der Waals surface area contributed by atoms with E-state index in [4.69, 9.17) is 11.6 Å². The van der Waals surface area contributed by atoms with Crippen molar-refractivity contribution in [3.8, 4) is 0 Å². The van der Waals surface area contributed by atoms with Crippen LogP contribution in [0.1, 0.15) is 19.8 Å². The summed E-state index contributed by atoms with van der Waals surface area (Å²) in [5.41, 5.74) is 0. The Bertz CT molecular complexity index is 521. The average Bonchev–Trinajstić information content (AvgIpc) is 2.32. The molecule has 1 fully saturated rings. The van der Waals surface area contributed by atoms with Crippen molar-refractivity contribution in [3.05, 3.63) is 23.5 Å². The summed E-state index contributed by atoms with van der Waals surface area (Å²) in [6.07, 6.45) is 4.51. The lowest BCUT2D eigenvalue weighted by atomic mass is 10.0. The Morgan fingerprint density at radius 3 is 2.94 bits per heavy atom. The van der Waals surface area contributed by atoms with Gasteiger partial charge >= 0.3 is 0 Å². The minimum Gasteiger partial charge on any atom is -0.313 e. The number of aromatic nitrogens is 1. The van der Waals surface area contributed by atoms with Gasteiger partial charge in [-0.05, 0) is 32.4 Å². The molecule has 0 amide bonds. The first-order valence-corrected chi connectivity index (χ1v) is 7.71. The molecule has 18 heavy (non-hydrogen) atoms. The van der Waals surface area contributed by atoms with Crippen molar-refractivity contribution in [2.24, 2.45) is 0 Å². The molecule has 2 heterocycles. The van der Waals surface area contributed by atoms with E-state index in [9.17, 15) is 8.42 Å². The van der Waals surface area contributed by atoms with Crippen molar-refractivity contribution in [2.45, 2.75) is 36.7 Å². The lowest BCUT2D eigenvalue weighted by Gasteiger charge is -2.30. The van der Waals surface area contributed by atoms with Gasteiger partial charge in [0.2, 0.25) is 10.0 Å². The van der Waals surface area contributed by atoms with Crippen LogP contribution in [-0.2, 0) is 10.0 Å². The molecule has 1 aromatic rings. The summed E-state index contributed by atoms with van der Waals surface area (Å²) < 4.78 is 27.0. The molecule has 0 aliphatic carbocycles. The van der Waals surface area contributed by atoms with E-state index in [1.165, 1.54) is 18.5 Å². The molecular formula is C11H16ClN3O2S. The summed E-state index contributed by atoms with van der Waals surface area (Å²) in [6, 6.07) is 1.43. The molecule has 0 bridgehead atoms. The van der Waals surface area contributed by atoms with Gasteiger partial charge in [0, 0.05) is 24.5 Å². The van der Waals surface area contributed by atoms with Crippen molar-refractivity contribution in [1.29, 1.82) is 0 Å². The highest BCUT2D eigenvalue weighted by Gasteiger charge is 2.26. The van der Waals surface area contributed by atoms with Gasteiger partial charge in [-0.3, -0.25) is 4.98 Å². The number of hydrogen-bond acceptors (Lipinski definition) is 4. The molecule has 1 saturated heterocycles. The summed E-state index contributed by atoms with van der Waals surface area (Å²) in [7, 11) is -3.55. The molecule has 2 unspecified atom stereocenters. The lowest BCUT2D eigenvalue weighted by molar-refractivity contribution is 0.349. The molecule has 7 heteroatoms. The van der Waals surface area contributed by atoms with E-state index in [2.05, 4.69) is 15.0 Å². The van der Waals surface area contributed by atoms with Crippen LogP contribution in [0.15, 0.2) is 23.4 Å². The zero-order valence-corrected chi connectivity index (χ0v) is 11.6. The van der Waals surface area contributed by atoms with Crippen LogP contribution >= 0.6 is 11.6 Å². The summed E-state index contributed by atoms with van der Waals surface area (Å²) in [5, 5.41) is 3.56. The third kappa shape index (κ3) is 3.20. The quantitative estimate of drug-likeness (QED) is 0.876. The maximum absolute atomic E-state index is 12.2. The monoisotopic (exact) mass is 289 g/mol. The third-order valence-corrected chi connectivity index (χ3v) is 4.72. The number of pyridine rings is 1. The summed E-state index contributed by atoms with van der Waals surface area (Å²) in [4.78, 5) is 3.90. The van der Waals surface area contributed by atoms with Crippen LogP contribution in [0.4, 0.5) is 0 Å². The van der Waals surface area contributed by atoms with Gasteiger partial charge in [0.05, 0.1) is 5.02 Å². The smallest absolute Gasteiger partial charge is 0.242 e. The van der Waals surface area contributed by atoms with Gasteiger partial charge < -0.3 is 5.32 Å². The van der Waals surface area contributed by atoms with Gasteiger partial charge in [0.1, 0.15) is 4.90 Å². The molecule has 0 spiro atoms. The van der Waals surface area contributed by atoms with Gasteiger partial charge in [-0.1, -0.05) is 11.6 Å². The predicted molar refractivity (Wildman–Crippen MR) is 70.1 cm³/mol. The average molecular weight is 290 g/mol. The van der Waals surface area contributed by atoms with E-state index < -0.39 is 10.0 Å². The minimum absolute atomic E-state index is 0.0947. The number of nitrogens with one attached hydrogen (secondary N) is 2. The van der Waals surface area contributed by atoms with Crippen LogP contribution < -0.4 is 10.0 Å². The molecule has 2 N–H and O–H groups in total. The van der Waals surface area contributed by atoms with Crippen molar-refractivity contribution < 1.29 is 8.42 Å². The third-order valence-electron chi connectivity index (χ3n) is 3.06. The Balaban J connectivity index is 2.16. The molecule has 0 radical (unpaired) electrons. The van der Waals surface area contributed by atoms with Crippen LogP contribution in [0.25, 0.3) is 0 Å². The second kappa shape index (κ2) is 5.52. The Kier molecular flexibility index (Phi) is 4.21. The topological polar surface area (TPSA) is 71.1 Å². The molecule has 0 aromatic carbocycles. The first-order chi connectivity index (χ1) is 8.49.